The van der Waals surface area contributed by atoms with Crippen LogP contribution in [-0.2, 0) is 0 Å². The van der Waals surface area contributed by atoms with Gasteiger partial charge >= 0.3 is 0 Å². The molecule has 1 saturated heterocycles. The molecule has 1 fully saturated rings. The minimum atomic E-state index is 0.639. The van der Waals surface area contributed by atoms with E-state index in [2.05, 4.69) is 44.5 Å². The average Bonchev–Trinajstić information content (AvgIpc) is 2.28. The minimum absolute atomic E-state index is 0.639. The predicted octanol–water partition coefficient (Wildman–Crippen LogP) is 2.52. The zero-order valence-electron chi connectivity index (χ0n) is 11.4. The van der Waals surface area contributed by atoms with Gasteiger partial charge in [0, 0.05) is 31.7 Å². The maximum Gasteiger partial charge on any atom is 0.0250 e. The molecule has 2 heteroatoms. The highest BCUT2D eigenvalue weighted by Gasteiger charge is 2.30. The molecule has 1 aliphatic heterocycles. The van der Waals surface area contributed by atoms with Gasteiger partial charge in [-0.05, 0) is 11.8 Å². The molecule has 0 aromatic heterocycles. The highest BCUT2D eigenvalue weighted by Crippen LogP contribution is 2.20. The number of nitrogens with one attached hydrogen (secondary N) is 1. The molecule has 0 aromatic rings. The number of nitrogens with zero attached hydrogens (tertiary/aromatic N) is 1. The molecule has 94 valence electrons. The number of hydrogen-bond acceptors (Lipinski definition) is 2. The molecule has 1 N–H and O–H groups in total. The Bertz CT molecular complexity index is 213. The van der Waals surface area contributed by atoms with Crippen molar-refractivity contribution < 1.29 is 0 Å². The second-order valence-corrected chi connectivity index (χ2v) is 5.45. The second-order valence-electron chi connectivity index (χ2n) is 5.45. The molecule has 0 aromatic carbocycles. The van der Waals surface area contributed by atoms with E-state index in [1.165, 1.54) is 13.0 Å². The third-order valence-corrected chi connectivity index (χ3v) is 3.96. The SMILES string of the molecule is C=CCN1CC(C(C)C)NCC1C(C)CC. The van der Waals surface area contributed by atoms with Gasteiger partial charge in [-0.1, -0.05) is 40.2 Å². The van der Waals surface area contributed by atoms with Crippen molar-refractivity contribution in [1.82, 2.24) is 10.2 Å². The number of piperazine rings is 1. The first-order chi connectivity index (χ1) is 7.60. The van der Waals surface area contributed by atoms with Crippen molar-refractivity contribution in [2.75, 3.05) is 19.6 Å². The van der Waals surface area contributed by atoms with Crippen molar-refractivity contribution in [3.05, 3.63) is 12.7 Å². The first kappa shape index (κ1) is 13.7. The number of hydrogen-bond donors (Lipinski definition) is 1. The van der Waals surface area contributed by atoms with Gasteiger partial charge in [-0.15, -0.1) is 6.58 Å². The summed E-state index contributed by atoms with van der Waals surface area (Å²) in [4.78, 5) is 2.60. The van der Waals surface area contributed by atoms with E-state index in [-0.39, 0.29) is 0 Å². The molecule has 3 atom stereocenters. The van der Waals surface area contributed by atoms with Crippen LogP contribution in [0.15, 0.2) is 12.7 Å². The zero-order chi connectivity index (χ0) is 12.1. The molecule has 3 unspecified atom stereocenters. The third-order valence-electron chi connectivity index (χ3n) is 3.96. The van der Waals surface area contributed by atoms with Crippen LogP contribution in [0.2, 0.25) is 0 Å². The molecule has 2 nitrogen and oxygen atoms in total. The lowest BCUT2D eigenvalue weighted by Gasteiger charge is -2.44. The molecule has 1 heterocycles. The van der Waals surface area contributed by atoms with Crippen LogP contribution >= 0.6 is 0 Å². The Morgan fingerprint density at radius 1 is 1.44 bits per heavy atom. The summed E-state index contributed by atoms with van der Waals surface area (Å²) >= 11 is 0. The molecular formula is C14H28N2. The molecule has 0 spiro atoms. The fourth-order valence-corrected chi connectivity index (χ4v) is 2.51. The van der Waals surface area contributed by atoms with Gasteiger partial charge in [-0.25, -0.2) is 0 Å². The minimum Gasteiger partial charge on any atom is -0.311 e. The third kappa shape index (κ3) is 3.33. The Labute approximate surface area is 101 Å². The van der Waals surface area contributed by atoms with Gasteiger partial charge in [0.2, 0.25) is 0 Å². The lowest BCUT2D eigenvalue weighted by atomic mass is 9.92. The highest BCUT2D eigenvalue weighted by atomic mass is 15.2. The van der Waals surface area contributed by atoms with Gasteiger partial charge < -0.3 is 5.32 Å². The predicted molar refractivity (Wildman–Crippen MR) is 71.6 cm³/mol. The Balaban J connectivity index is 2.62. The molecule has 0 amide bonds. The summed E-state index contributed by atoms with van der Waals surface area (Å²) < 4.78 is 0. The van der Waals surface area contributed by atoms with Crippen LogP contribution in [0.1, 0.15) is 34.1 Å². The normalized spacial score (nSPS) is 29.3. The van der Waals surface area contributed by atoms with Crippen LogP contribution < -0.4 is 5.32 Å². The summed E-state index contributed by atoms with van der Waals surface area (Å²) in [7, 11) is 0. The van der Waals surface area contributed by atoms with Crippen molar-refractivity contribution in [3.63, 3.8) is 0 Å². The van der Waals surface area contributed by atoms with Gasteiger partial charge in [-0.3, -0.25) is 4.90 Å². The molecule has 0 bridgehead atoms. The summed E-state index contributed by atoms with van der Waals surface area (Å²) in [6.45, 7) is 16.4. The summed E-state index contributed by atoms with van der Waals surface area (Å²) in [5, 5.41) is 3.70. The molecule has 1 aliphatic rings. The Hall–Kier alpha value is -0.340. The van der Waals surface area contributed by atoms with E-state index in [0.29, 0.717) is 18.0 Å². The largest absolute Gasteiger partial charge is 0.311 e. The van der Waals surface area contributed by atoms with Crippen LogP contribution in [0.5, 0.6) is 0 Å². The molecule has 1 rings (SSSR count). The van der Waals surface area contributed by atoms with E-state index in [0.717, 1.165) is 19.0 Å². The summed E-state index contributed by atoms with van der Waals surface area (Å²) in [5.74, 6) is 1.48. The van der Waals surface area contributed by atoms with Gasteiger partial charge in [0.05, 0.1) is 0 Å². The lowest BCUT2D eigenvalue weighted by Crippen LogP contribution is -2.59. The van der Waals surface area contributed by atoms with Crippen LogP contribution in [0, 0.1) is 11.8 Å². The topological polar surface area (TPSA) is 15.3 Å². The van der Waals surface area contributed by atoms with E-state index in [9.17, 15) is 0 Å². The van der Waals surface area contributed by atoms with Crippen molar-refractivity contribution in [2.24, 2.45) is 11.8 Å². The maximum atomic E-state index is 3.88. The van der Waals surface area contributed by atoms with Crippen molar-refractivity contribution in [2.45, 2.75) is 46.2 Å². The maximum absolute atomic E-state index is 3.88. The fraction of sp³-hybridized carbons (Fsp3) is 0.857. The van der Waals surface area contributed by atoms with Gasteiger partial charge in [0.1, 0.15) is 0 Å². The molecule has 16 heavy (non-hydrogen) atoms. The lowest BCUT2D eigenvalue weighted by molar-refractivity contribution is 0.0904. The zero-order valence-corrected chi connectivity index (χ0v) is 11.4. The van der Waals surface area contributed by atoms with E-state index in [4.69, 9.17) is 0 Å². The summed E-state index contributed by atoms with van der Waals surface area (Å²) in [6.07, 6.45) is 3.30. The Morgan fingerprint density at radius 2 is 2.12 bits per heavy atom. The van der Waals surface area contributed by atoms with Crippen LogP contribution in [0.4, 0.5) is 0 Å². The van der Waals surface area contributed by atoms with E-state index in [1.54, 1.807) is 0 Å². The average molecular weight is 224 g/mol. The Kier molecular flexibility index (Phi) is 5.50. The monoisotopic (exact) mass is 224 g/mol. The van der Waals surface area contributed by atoms with Crippen LogP contribution in [-0.4, -0.2) is 36.6 Å². The highest BCUT2D eigenvalue weighted by molar-refractivity contribution is 4.92. The molecule has 0 saturated carbocycles. The van der Waals surface area contributed by atoms with E-state index < -0.39 is 0 Å². The summed E-state index contributed by atoms with van der Waals surface area (Å²) in [6, 6.07) is 1.32. The quantitative estimate of drug-likeness (QED) is 0.722. The molecule has 0 radical (unpaired) electrons. The van der Waals surface area contributed by atoms with Crippen molar-refractivity contribution in [3.8, 4) is 0 Å². The van der Waals surface area contributed by atoms with Gasteiger partial charge in [-0.2, -0.15) is 0 Å². The summed E-state index contributed by atoms with van der Waals surface area (Å²) in [5.41, 5.74) is 0. The van der Waals surface area contributed by atoms with E-state index >= 15 is 0 Å². The van der Waals surface area contributed by atoms with E-state index in [1.807, 2.05) is 6.08 Å². The second kappa shape index (κ2) is 6.41. The first-order valence-corrected chi connectivity index (χ1v) is 6.68. The van der Waals surface area contributed by atoms with Gasteiger partial charge in [0.15, 0.2) is 0 Å². The standard InChI is InChI=1S/C14H28N2/c1-6-8-16-10-13(11(3)4)15-9-14(16)12(5)7-2/h6,11-15H,1,7-10H2,2-5H3. The first-order valence-electron chi connectivity index (χ1n) is 6.68. The smallest absolute Gasteiger partial charge is 0.0250 e. The number of rotatable bonds is 5. The van der Waals surface area contributed by atoms with Crippen molar-refractivity contribution in [1.29, 1.82) is 0 Å². The van der Waals surface area contributed by atoms with Crippen LogP contribution in [0.25, 0.3) is 0 Å². The molecule has 0 aliphatic carbocycles. The van der Waals surface area contributed by atoms with Gasteiger partial charge in [0.25, 0.3) is 0 Å². The Morgan fingerprint density at radius 3 is 2.62 bits per heavy atom. The van der Waals surface area contributed by atoms with Crippen LogP contribution in [0.3, 0.4) is 0 Å². The fourth-order valence-electron chi connectivity index (χ4n) is 2.51. The van der Waals surface area contributed by atoms with Crippen molar-refractivity contribution >= 4 is 0 Å². The molecular weight excluding hydrogens is 196 g/mol.